The molecular weight excluding hydrogens is 177 g/mol. The number of halogens is 1. The van der Waals surface area contributed by atoms with Crippen molar-refractivity contribution in [3.8, 4) is 0 Å². The number of allylic oxidation sites excluding steroid dienone is 2. The molecule has 1 aliphatic rings. The fourth-order valence-corrected chi connectivity index (χ4v) is 1.50. The summed E-state index contributed by atoms with van der Waals surface area (Å²) < 4.78 is 12.9. The standard InChI is InChI=1S/C12H12FN/c13-12-7-4-8-14(10-12)9-11-5-2-1-3-6-11/h1-8H,9-10H2. The lowest BCUT2D eigenvalue weighted by Gasteiger charge is -2.21. The molecule has 0 spiro atoms. The fraction of sp³-hybridized carbons (Fsp3) is 0.167. The topological polar surface area (TPSA) is 3.24 Å². The van der Waals surface area contributed by atoms with Crippen LogP contribution in [0.4, 0.5) is 4.39 Å². The first-order chi connectivity index (χ1) is 6.84. The van der Waals surface area contributed by atoms with Gasteiger partial charge in [-0.25, -0.2) is 4.39 Å². The molecular formula is C12H12FN. The van der Waals surface area contributed by atoms with Gasteiger partial charge in [-0.15, -0.1) is 0 Å². The Bertz CT molecular complexity index is 354. The van der Waals surface area contributed by atoms with Crippen molar-refractivity contribution in [2.24, 2.45) is 0 Å². The summed E-state index contributed by atoms with van der Waals surface area (Å²) in [7, 11) is 0. The molecule has 0 bridgehead atoms. The molecule has 1 aromatic rings. The van der Waals surface area contributed by atoms with Gasteiger partial charge in [-0.2, -0.15) is 0 Å². The maximum absolute atomic E-state index is 12.9. The van der Waals surface area contributed by atoms with Crippen molar-refractivity contribution in [2.45, 2.75) is 6.54 Å². The molecule has 1 aromatic carbocycles. The molecule has 0 radical (unpaired) electrons. The van der Waals surface area contributed by atoms with Crippen molar-refractivity contribution in [1.82, 2.24) is 4.90 Å². The molecule has 1 nitrogen and oxygen atoms in total. The highest BCUT2D eigenvalue weighted by Gasteiger charge is 2.06. The summed E-state index contributed by atoms with van der Waals surface area (Å²) in [6.45, 7) is 1.14. The van der Waals surface area contributed by atoms with Gasteiger partial charge >= 0.3 is 0 Å². The Kier molecular flexibility index (Phi) is 2.63. The molecule has 0 atom stereocenters. The summed E-state index contributed by atoms with van der Waals surface area (Å²) >= 11 is 0. The van der Waals surface area contributed by atoms with Gasteiger partial charge in [-0.05, 0) is 23.9 Å². The Hall–Kier alpha value is -1.57. The minimum absolute atomic E-state index is 0.0802. The molecule has 0 aromatic heterocycles. The second kappa shape index (κ2) is 4.09. The van der Waals surface area contributed by atoms with E-state index in [1.54, 1.807) is 6.08 Å². The highest BCUT2D eigenvalue weighted by molar-refractivity contribution is 5.18. The fourth-order valence-electron chi connectivity index (χ4n) is 1.50. The van der Waals surface area contributed by atoms with Crippen molar-refractivity contribution in [3.63, 3.8) is 0 Å². The zero-order valence-electron chi connectivity index (χ0n) is 7.86. The van der Waals surface area contributed by atoms with Gasteiger partial charge in [0.15, 0.2) is 0 Å². The molecule has 0 N–H and O–H groups in total. The van der Waals surface area contributed by atoms with Crippen LogP contribution in [0.1, 0.15) is 5.56 Å². The minimum atomic E-state index is -0.0802. The van der Waals surface area contributed by atoms with Crippen LogP contribution in [0, 0.1) is 0 Å². The van der Waals surface area contributed by atoms with E-state index in [9.17, 15) is 4.39 Å². The van der Waals surface area contributed by atoms with Crippen molar-refractivity contribution in [1.29, 1.82) is 0 Å². The Balaban J connectivity index is 2.00. The van der Waals surface area contributed by atoms with Gasteiger partial charge in [0.1, 0.15) is 5.83 Å². The first kappa shape index (κ1) is 9.00. The number of hydrogen-bond donors (Lipinski definition) is 0. The van der Waals surface area contributed by atoms with E-state index in [-0.39, 0.29) is 5.83 Å². The lowest BCUT2D eigenvalue weighted by Crippen LogP contribution is -2.20. The Morgan fingerprint density at radius 2 is 2.00 bits per heavy atom. The molecule has 0 saturated carbocycles. The summed E-state index contributed by atoms with van der Waals surface area (Å²) in [6.07, 6.45) is 5.15. The van der Waals surface area contributed by atoms with E-state index in [1.807, 2.05) is 41.4 Å². The maximum atomic E-state index is 12.9. The van der Waals surface area contributed by atoms with E-state index in [4.69, 9.17) is 0 Å². The second-order valence-corrected chi connectivity index (χ2v) is 3.35. The zero-order chi connectivity index (χ0) is 9.80. The molecule has 0 saturated heterocycles. The summed E-state index contributed by atoms with van der Waals surface area (Å²) in [5, 5.41) is 0. The summed E-state index contributed by atoms with van der Waals surface area (Å²) in [4.78, 5) is 1.95. The SMILES string of the molecule is FC1=CC=CN(Cc2ccccc2)C1. The van der Waals surface area contributed by atoms with E-state index in [0.717, 1.165) is 6.54 Å². The highest BCUT2D eigenvalue weighted by atomic mass is 19.1. The monoisotopic (exact) mass is 189 g/mol. The Morgan fingerprint density at radius 3 is 2.71 bits per heavy atom. The second-order valence-electron chi connectivity index (χ2n) is 3.35. The Labute approximate surface area is 83.2 Å². The largest absolute Gasteiger partial charge is 0.366 e. The van der Waals surface area contributed by atoms with Gasteiger partial charge in [0.25, 0.3) is 0 Å². The number of benzene rings is 1. The molecule has 0 unspecified atom stereocenters. The van der Waals surface area contributed by atoms with Gasteiger partial charge in [0.05, 0.1) is 6.54 Å². The normalized spacial score (nSPS) is 15.5. The van der Waals surface area contributed by atoms with Crippen LogP contribution in [0.5, 0.6) is 0 Å². The molecule has 1 aliphatic heterocycles. The predicted octanol–water partition coefficient (Wildman–Crippen LogP) is 2.87. The van der Waals surface area contributed by atoms with Crippen LogP contribution in [0.2, 0.25) is 0 Å². The van der Waals surface area contributed by atoms with E-state index in [1.165, 1.54) is 11.6 Å². The quantitative estimate of drug-likeness (QED) is 0.691. The van der Waals surface area contributed by atoms with Crippen LogP contribution < -0.4 is 0 Å². The van der Waals surface area contributed by atoms with Gasteiger partial charge in [-0.3, -0.25) is 0 Å². The van der Waals surface area contributed by atoms with E-state index in [2.05, 4.69) is 0 Å². The highest BCUT2D eigenvalue weighted by Crippen LogP contribution is 2.12. The van der Waals surface area contributed by atoms with E-state index >= 15 is 0 Å². The van der Waals surface area contributed by atoms with E-state index in [0.29, 0.717) is 6.54 Å². The zero-order valence-corrected chi connectivity index (χ0v) is 7.86. The number of nitrogens with zero attached hydrogens (tertiary/aromatic N) is 1. The number of hydrogen-bond acceptors (Lipinski definition) is 1. The third-order valence-electron chi connectivity index (χ3n) is 2.16. The van der Waals surface area contributed by atoms with Crippen LogP contribution in [-0.4, -0.2) is 11.4 Å². The third-order valence-corrected chi connectivity index (χ3v) is 2.16. The van der Waals surface area contributed by atoms with Crippen molar-refractivity contribution in [3.05, 3.63) is 60.1 Å². The van der Waals surface area contributed by atoms with Gasteiger partial charge < -0.3 is 4.90 Å². The average Bonchev–Trinajstić information content (AvgIpc) is 2.19. The van der Waals surface area contributed by atoms with Gasteiger partial charge in [0.2, 0.25) is 0 Å². The molecule has 2 rings (SSSR count). The van der Waals surface area contributed by atoms with Gasteiger partial charge in [-0.1, -0.05) is 30.3 Å². The summed E-state index contributed by atoms with van der Waals surface area (Å²) in [6, 6.07) is 10.1. The molecule has 0 aliphatic carbocycles. The summed E-state index contributed by atoms with van der Waals surface area (Å²) in [5.41, 5.74) is 1.20. The molecule has 72 valence electrons. The number of rotatable bonds is 2. The summed E-state index contributed by atoms with van der Waals surface area (Å²) in [5.74, 6) is -0.0802. The molecule has 1 heterocycles. The van der Waals surface area contributed by atoms with E-state index < -0.39 is 0 Å². The smallest absolute Gasteiger partial charge is 0.119 e. The molecule has 2 heteroatoms. The van der Waals surface area contributed by atoms with Crippen molar-refractivity contribution < 1.29 is 4.39 Å². The lowest BCUT2D eigenvalue weighted by atomic mass is 10.2. The minimum Gasteiger partial charge on any atom is -0.366 e. The first-order valence-electron chi connectivity index (χ1n) is 4.65. The van der Waals surface area contributed by atoms with Gasteiger partial charge in [0, 0.05) is 6.54 Å². The Morgan fingerprint density at radius 1 is 1.21 bits per heavy atom. The molecule has 0 amide bonds. The third kappa shape index (κ3) is 2.22. The van der Waals surface area contributed by atoms with Crippen molar-refractivity contribution in [2.75, 3.05) is 6.54 Å². The van der Waals surface area contributed by atoms with Crippen molar-refractivity contribution >= 4 is 0 Å². The predicted molar refractivity (Wildman–Crippen MR) is 55.2 cm³/mol. The lowest BCUT2D eigenvalue weighted by molar-refractivity contribution is 0.360. The van der Waals surface area contributed by atoms with Crippen LogP contribution >= 0.6 is 0 Å². The van der Waals surface area contributed by atoms with Crippen LogP contribution in [0.15, 0.2) is 54.5 Å². The molecule has 14 heavy (non-hydrogen) atoms. The average molecular weight is 189 g/mol. The van der Waals surface area contributed by atoms with Crippen LogP contribution in [-0.2, 0) is 6.54 Å². The molecule has 0 fully saturated rings. The maximum Gasteiger partial charge on any atom is 0.119 e. The van der Waals surface area contributed by atoms with Crippen LogP contribution in [0.25, 0.3) is 0 Å². The first-order valence-corrected chi connectivity index (χ1v) is 4.65. The van der Waals surface area contributed by atoms with Crippen LogP contribution in [0.3, 0.4) is 0 Å².